The lowest BCUT2D eigenvalue weighted by Crippen LogP contribution is -2.14. The highest BCUT2D eigenvalue weighted by molar-refractivity contribution is 7.92. The number of rotatable bonds is 3. The summed E-state index contributed by atoms with van der Waals surface area (Å²) in [5, 5.41) is 8.85. The number of nitrogens with zero attached hydrogens (tertiary/aromatic N) is 1. The summed E-state index contributed by atoms with van der Waals surface area (Å²) >= 11 is 5.74. The third kappa shape index (κ3) is 3.11. The maximum atomic E-state index is 11.2. The van der Waals surface area contributed by atoms with E-state index in [4.69, 9.17) is 16.9 Å². The number of nitriles is 1. The Morgan fingerprint density at radius 3 is 2.67 bits per heavy atom. The summed E-state index contributed by atoms with van der Waals surface area (Å²) in [6, 6.07) is 6.27. The first-order valence-electron chi connectivity index (χ1n) is 4.18. The maximum Gasteiger partial charge on any atom is 0.232 e. The van der Waals surface area contributed by atoms with E-state index in [1.807, 2.05) is 6.07 Å². The van der Waals surface area contributed by atoms with Crippen LogP contribution >= 0.6 is 11.6 Å². The minimum Gasteiger partial charge on any atom is -0.284 e. The molecule has 1 rings (SSSR count). The first-order valence-corrected chi connectivity index (χ1v) is 6.21. The van der Waals surface area contributed by atoms with Crippen molar-refractivity contribution in [3.63, 3.8) is 0 Å². The monoisotopic (exact) mass is 244 g/mol. The van der Waals surface area contributed by atoms with Crippen LogP contribution in [0.15, 0.2) is 18.2 Å². The van der Waals surface area contributed by atoms with Crippen LogP contribution < -0.4 is 4.72 Å². The topological polar surface area (TPSA) is 70.0 Å². The highest BCUT2D eigenvalue weighted by Gasteiger charge is 2.08. The van der Waals surface area contributed by atoms with Gasteiger partial charge in [-0.3, -0.25) is 4.72 Å². The van der Waals surface area contributed by atoms with E-state index in [1.54, 1.807) is 0 Å². The number of sulfonamides is 1. The highest BCUT2D eigenvalue weighted by atomic mass is 35.5. The van der Waals surface area contributed by atoms with E-state index in [0.29, 0.717) is 11.3 Å². The van der Waals surface area contributed by atoms with E-state index < -0.39 is 10.0 Å². The fourth-order valence-corrected chi connectivity index (χ4v) is 1.77. The molecule has 0 fully saturated rings. The summed E-state index contributed by atoms with van der Waals surface area (Å²) in [4.78, 5) is 0. The molecule has 0 atom stereocenters. The van der Waals surface area contributed by atoms with Crippen molar-refractivity contribution >= 4 is 27.3 Å². The summed E-state index contributed by atoms with van der Waals surface area (Å²) < 4.78 is 24.8. The van der Waals surface area contributed by atoms with Crippen LogP contribution in [0.4, 0.5) is 5.69 Å². The lowest BCUT2D eigenvalue weighted by atomic mass is 10.2. The highest BCUT2D eigenvalue weighted by Crippen LogP contribution is 2.20. The molecule has 0 saturated heterocycles. The zero-order valence-corrected chi connectivity index (χ0v) is 9.56. The van der Waals surface area contributed by atoms with Crippen LogP contribution in [0.2, 0.25) is 5.02 Å². The Hall–Kier alpha value is -1.25. The van der Waals surface area contributed by atoms with Crippen LogP contribution in [0, 0.1) is 11.3 Å². The molecule has 0 aliphatic carbocycles. The summed E-state index contributed by atoms with van der Waals surface area (Å²) in [6.07, 6.45) is 0. The molecule has 0 unspecified atom stereocenters. The third-order valence-electron chi connectivity index (χ3n) is 1.74. The molecule has 1 N–H and O–H groups in total. The van der Waals surface area contributed by atoms with Gasteiger partial charge < -0.3 is 0 Å². The molecule has 0 saturated carbocycles. The van der Waals surface area contributed by atoms with E-state index in [1.165, 1.54) is 25.1 Å². The van der Waals surface area contributed by atoms with Crippen LogP contribution in [-0.2, 0) is 10.0 Å². The number of nitrogens with one attached hydrogen (secondary N) is 1. The Balaban J connectivity index is 3.01. The minimum absolute atomic E-state index is 0.00931. The Bertz CT molecular complexity index is 505. The molecule has 4 nitrogen and oxygen atoms in total. The first kappa shape index (κ1) is 11.8. The molecule has 0 bridgehead atoms. The molecule has 0 spiro atoms. The van der Waals surface area contributed by atoms with Crippen molar-refractivity contribution in [2.75, 3.05) is 10.5 Å². The second-order valence-electron chi connectivity index (χ2n) is 2.81. The van der Waals surface area contributed by atoms with Crippen molar-refractivity contribution in [1.82, 2.24) is 0 Å². The second-order valence-corrected chi connectivity index (χ2v) is 5.23. The zero-order valence-electron chi connectivity index (χ0n) is 7.99. The molecule has 15 heavy (non-hydrogen) atoms. The third-order valence-corrected chi connectivity index (χ3v) is 3.36. The predicted octanol–water partition coefficient (Wildman–Crippen LogP) is 1.97. The van der Waals surface area contributed by atoms with E-state index in [2.05, 4.69) is 4.72 Å². The average Bonchev–Trinajstić information content (AvgIpc) is 2.17. The Labute approximate surface area is 93.5 Å². The normalized spacial score (nSPS) is 10.7. The first-order chi connectivity index (χ1) is 6.98. The van der Waals surface area contributed by atoms with E-state index in [-0.39, 0.29) is 10.8 Å². The van der Waals surface area contributed by atoms with Gasteiger partial charge in [-0.2, -0.15) is 5.26 Å². The molecular weight excluding hydrogens is 236 g/mol. The van der Waals surface area contributed by atoms with Gasteiger partial charge in [-0.15, -0.1) is 0 Å². The molecule has 0 amide bonds. The number of benzene rings is 1. The summed E-state index contributed by atoms with van der Waals surface area (Å²) in [5.41, 5.74) is 0.678. The van der Waals surface area contributed by atoms with Gasteiger partial charge >= 0.3 is 0 Å². The lowest BCUT2D eigenvalue weighted by molar-refractivity contribution is 0.602. The fourth-order valence-electron chi connectivity index (χ4n) is 0.921. The van der Waals surface area contributed by atoms with Gasteiger partial charge in [-0.25, -0.2) is 8.42 Å². The van der Waals surface area contributed by atoms with E-state index >= 15 is 0 Å². The standard InChI is InChI=1S/C9H9ClN2O2S/c1-2-15(13,14)12-8-4-3-7(6-11)9(10)5-8/h3-5,12H,2H2,1H3. The molecule has 0 radical (unpaired) electrons. The van der Waals surface area contributed by atoms with Crippen molar-refractivity contribution in [2.24, 2.45) is 0 Å². The number of anilines is 1. The van der Waals surface area contributed by atoms with Gasteiger partial charge in [0.1, 0.15) is 6.07 Å². The number of halogens is 1. The van der Waals surface area contributed by atoms with E-state index in [0.717, 1.165) is 0 Å². The predicted molar refractivity (Wildman–Crippen MR) is 59.3 cm³/mol. The van der Waals surface area contributed by atoms with Crippen LogP contribution in [0.1, 0.15) is 12.5 Å². The summed E-state index contributed by atoms with van der Waals surface area (Å²) in [6.45, 7) is 1.54. The van der Waals surface area contributed by atoms with Crippen molar-refractivity contribution in [2.45, 2.75) is 6.92 Å². The maximum absolute atomic E-state index is 11.2. The Kier molecular flexibility index (Phi) is 3.56. The van der Waals surface area contributed by atoms with Gasteiger partial charge in [-0.05, 0) is 25.1 Å². The Morgan fingerprint density at radius 2 is 2.20 bits per heavy atom. The lowest BCUT2D eigenvalue weighted by Gasteiger charge is -2.06. The molecule has 1 aromatic rings. The van der Waals surface area contributed by atoms with Crippen molar-refractivity contribution < 1.29 is 8.42 Å². The molecule has 6 heteroatoms. The zero-order chi connectivity index (χ0) is 11.5. The number of hydrogen-bond acceptors (Lipinski definition) is 3. The van der Waals surface area contributed by atoms with Gasteiger partial charge in [0, 0.05) is 0 Å². The van der Waals surface area contributed by atoms with Crippen molar-refractivity contribution in [1.29, 1.82) is 5.26 Å². The van der Waals surface area contributed by atoms with Gasteiger partial charge in [0.15, 0.2) is 0 Å². The molecule has 0 aliphatic rings. The number of hydrogen-bond donors (Lipinski definition) is 1. The summed E-state index contributed by atoms with van der Waals surface area (Å²) in [7, 11) is -3.30. The fraction of sp³-hybridized carbons (Fsp3) is 0.222. The molecule has 0 heterocycles. The van der Waals surface area contributed by atoms with Crippen molar-refractivity contribution in [3.05, 3.63) is 28.8 Å². The largest absolute Gasteiger partial charge is 0.284 e. The van der Waals surface area contributed by atoms with Crippen LogP contribution in [0.5, 0.6) is 0 Å². The van der Waals surface area contributed by atoms with Gasteiger partial charge in [-0.1, -0.05) is 11.6 Å². The van der Waals surface area contributed by atoms with Crippen molar-refractivity contribution in [3.8, 4) is 6.07 Å². The van der Waals surface area contributed by atoms with E-state index in [9.17, 15) is 8.42 Å². The molecule has 0 aromatic heterocycles. The average molecular weight is 245 g/mol. The van der Waals surface area contributed by atoms with Gasteiger partial charge in [0.25, 0.3) is 0 Å². The molecular formula is C9H9ClN2O2S. The van der Waals surface area contributed by atoms with Gasteiger partial charge in [0.2, 0.25) is 10.0 Å². The Morgan fingerprint density at radius 1 is 1.53 bits per heavy atom. The smallest absolute Gasteiger partial charge is 0.232 e. The molecule has 0 aliphatic heterocycles. The molecule has 80 valence electrons. The van der Waals surface area contributed by atoms with Gasteiger partial charge in [0.05, 0.1) is 22.0 Å². The minimum atomic E-state index is -3.30. The second kappa shape index (κ2) is 4.51. The van der Waals surface area contributed by atoms with Crippen LogP contribution in [0.25, 0.3) is 0 Å². The summed E-state index contributed by atoms with van der Waals surface area (Å²) in [5.74, 6) is -0.00931. The van der Waals surface area contributed by atoms with Crippen LogP contribution in [0.3, 0.4) is 0 Å². The SMILES string of the molecule is CCS(=O)(=O)Nc1ccc(C#N)c(Cl)c1. The van der Waals surface area contributed by atoms with Crippen LogP contribution in [-0.4, -0.2) is 14.2 Å². The molecule has 1 aromatic carbocycles. The quantitative estimate of drug-likeness (QED) is 0.884.